The molecule has 0 fully saturated rings. The molecule has 0 N–H and O–H groups in total. The van der Waals surface area contributed by atoms with Crippen molar-refractivity contribution in [3.05, 3.63) is 54.1 Å². The molecule has 5 heteroatoms. The lowest BCUT2D eigenvalue weighted by atomic mass is 10.2. The third kappa shape index (κ3) is 2.99. The van der Waals surface area contributed by atoms with Crippen LogP contribution in [-0.4, -0.2) is 18.7 Å². The van der Waals surface area contributed by atoms with Crippen molar-refractivity contribution < 1.29 is 12.6 Å². The number of hydrogen-bond donors (Lipinski definition) is 0. The molecule has 0 aliphatic carbocycles. The van der Waals surface area contributed by atoms with Crippen LogP contribution in [-0.2, 0) is 10.1 Å². The van der Waals surface area contributed by atoms with Crippen LogP contribution in [0.15, 0.2) is 53.4 Å². The topological polar surface area (TPSA) is 43.4 Å². The van der Waals surface area contributed by atoms with Crippen molar-refractivity contribution in [3.63, 3.8) is 0 Å². The van der Waals surface area contributed by atoms with Gasteiger partial charge in [0.1, 0.15) is 10.6 Å². The zero-order valence-electron chi connectivity index (χ0n) is 10.3. The summed E-state index contributed by atoms with van der Waals surface area (Å²) in [7, 11) is -2.80. The first-order valence-corrected chi connectivity index (χ1v) is 7.96. The lowest BCUT2D eigenvalue weighted by Crippen LogP contribution is -2.10. The van der Waals surface area contributed by atoms with Crippen molar-refractivity contribution >= 4 is 25.5 Å². The smallest absolute Gasteiger partial charge is 0.339 e. The maximum absolute atomic E-state index is 12.0. The lowest BCUT2D eigenvalue weighted by Gasteiger charge is -2.07. The van der Waals surface area contributed by atoms with E-state index in [2.05, 4.69) is 0 Å². The zero-order valence-corrected chi connectivity index (χ0v) is 13.1. The highest BCUT2D eigenvalue weighted by molar-refractivity contribution is 7.87. The fraction of sp³-hybridized carbons (Fsp3) is 0.0769. The van der Waals surface area contributed by atoms with Gasteiger partial charge in [-0.3, -0.25) is 0 Å². The fourth-order valence-electron chi connectivity index (χ4n) is 1.47. The highest BCUT2D eigenvalue weighted by Gasteiger charge is 2.15. The molecule has 0 heterocycles. The number of benzene rings is 2. The van der Waals surface area contributed by atoms with Gasteiger partial charge in [-0.05, 0) is 31.2 Å². The molecule has 2 aromatic carbocycles. The third-order valence-electron chi connectivity index (χ3n) is 2.54. The molecule has 0 aliphatic rings. The Kier molecular flexibility index (Phi) is 3.54. The maximum Gasteiger partial charge on any atom is 0.339 e. The summed E-state index contributed by atoms with van der Waals surface area (Å²) in [6.45, 7) is 1.90. The molecule has 94 valence electrons. The fourth-order valence-corrected chi connectivity index (χ4v) is 2.74. The molecule has 2 rings (SSSR count). The van der Waals surface area contributed by atoms with Gasteiger partial charge in [0.2, 0.25) is 0 Å². The van der Waals surface area contributed by atoms with Gasteiger partial charge in [0, 0.05) is 10.2 Å². The predicted octanol–water partition coefficient (Wildman–Crippen LogP) is 0.753. The Morgan fingerprint density at radius 3 is 2.06 bits per heavy atom. The highest BCUT2D eigenvalue weighted by atomic mass is 32.2. The minimum absolute atomic E-state index is 0.169. The SMILES string of the molecule is Cc1ccc(S(=O)(=O)Oc2ccc([SiH3])cc2)cc1. The van der Waals surface area contributed by atoms with Gasteiger partial charge in [0.15, 0.2) is 0 Å². The van der Waals surface area contributed by atoms with Gasteiger partial charge in [-0.1, -0.05) is 35.0 Å². The van der Waals surface area contributed by atoms with Crippen molar-refractivity contribution in [1.29, 1.82) is 0 Å². The van der Waals surface area contributed by atoms with Crippen LogP contribution in [0.25, 0.3) is 0 Å². The Balaban J connectivity index is 2.27. The van der Waals surface area contributed by atoms with E-state index in [1.165, 1.54) is 5.19 Å². The molecule has 0 radical (unpaired) electrons. The van der Waals surface area contributed by atoms with Crippen molar-refractivity contribution in [2.45, 2.75) is 11.8 Å². The molecule has 0 aromatic heterocycles. The van der Waals surface area contributed by atoms with Crippen LogP contribution in [0.5, 0.6) is 5.75 Å². The molecule has 18 heavy (non-hydrogen) atoms. The molecular formula is C13H14O3SSi. The van der Waals surface area contributed by atoms with E-state index in [0.717, 1.165) is 15.8 Å². The predicted molar refractivity (Wildman–Crippen MR) is 75.0 cm³/mol. The van der Waals surface area contributed by atoms with E-state index in [4.69, 9.17) is 4.18 Å². The van der Waals surface area contributed by atoms with Gasteiger partial charge in [-0.25, -0.2) is 0 Å². The monoisotopic (exact) mass is 278 g/mol. The number of hydrogen-bond acceptors (Lipinski definition) is 3. The standard InChI is InChI=1S/C13H14O3SSi/c1-10-2-6-12(7-3-10)17(14,15)16-11-4-8-13(18)9-5-11/h2-9H,1,18H3. The van der Waals surface area contributed by atoms with E-state index >= 15 is 0 Å². The molecule has 2 aromatic rings. The van der Waals surface area contributed by atoms with Crippen LogP contribution < -0.4 is 9.37 Å². The van der Waals surface area contributed by atoms with E-state index in [9.17, 15) is 8.42 Å². The quantitative estimate of drug-likeness (QED) is 0.615. The van der Waals surface area contributed by atoms with Gasteiger partial charge in [-0.15, -0.1) is 0 Å². The van der Waals surface area contributed by atoms with E-state index < -0.39 is 10.1 Å². The molecule has 0 saturated carbocycles. The summed E-state index contributed by atoms with van der Waals surface area (Å²) >= 11 is 0. The highest BCUT2D eigenvalue weighted by Crippen LogP contribution is 2.17. The third-order valence-corrected chi connectivity index (χ3v) is 4.46. The average Bonchev–Trinajstić information content (AvgIpc) is 2.32. The maximum atomic E-state index is 12.0. The Hall–Kier alpha value is -1.59. The second kappa shape index (κ2) is 4.95. The molecule has 3 nitrogen and oxygen atoms in total. The van der Waals surface area contributed by atoms with Crippen molar-refractivity contribution in [1.82, 2.24) is 0 Å². The first-order valence-electron chi connectivity index (χ1n) is 5.55. The summed E-state index contributed by atoms with van der Waals surface area (Å²) in [5.74, 6) is 0.343. The van der Waals surface area contributed by atoms with Crippen LogP contribution in [0.2, 0.25) is 0 Å². The Morgan fingerprint density at radius 2 is 1.50 bits per heavy atom. The van der Waals surface area contributed by atoms with E-state index in [0.29, 0.717) is 5.75 Å². The molecule has 0 aliphatic heterocycles. The summed E-state index contributed by atoms with van der Waals surface area (Å²) < 4.78 is 29.0. The first-order chi connectivity index (χ1) is 8.47. The van der Waals surface area contributed by atoms with E-state index in [1.807, 2.05) is 19.1 Å². The average molecular weight is 278 g/mol. The van der Waals surface area contributed by atoms with Gasteiger partial charge < -0.3 is 4.18 Å². The van der Waals surface area contributed by atoms with Crippen molar-refractivity contribution in [2.75, 3.05) is 0 Å². The minimum atomic E-state index is -3.73. The molecule has 0 bridgehead atoms. The molecule has 0 spiro atoms. The summed E-state index contributed by atoms with van der Waals surface area (Å²) in [6, 6.07) is 13.7. The molecule has 0 unspecified atom stereocenters. The van der Waals surface area contributed by atoms with E-state index in [1.54, 1.807) is 36.4 Å². The second-order valence-electron chi connectivity index (χ2n) is 4.16. The van der Waals surface area contributed by atoms with Crippen molar-refractivity contribution in [2.24, 2.45) is 0 Å². The van der Waals surface area contributed by atoms with Crippen LogP contribution in [0.4, 0.5) is 0 Å². The van der Waals surface area contributed by atoms with Gasteiger partial charge >= 0.3 is 10.1 Å². The van der Waals surface area contributed by atoms with Gasteiger partial charge in [-0.2, -0.15) is 8.42 Å². The normalized spacial score (nSPS) is 11.4. The largest absolute Gasteiger partial charge is 0.379 e. The summed E-state index contributed by atoms with van der Waals surface area (Å²) in [5, 5.41) is 1.19. The second-order valence-corrected chi connectivity index (χ2v) is 6.86. The summed E-state index contributed by atoms with van der Waals surface area (Å²) in [5.41, 5.74) is 1.01. The first kappa shape index (κ1) is 12.9. The van der Waals surface area contributed by atoms with Crippen LogP contribution in [0.1, 0.15) is 5.56 Å². The Labute approximate surface area is 110 Å². The van der Waals surface area contributed by atoms with Crippen molar-refractivity contribution in [3.8, 4) is 5.75 Å². The lowest BCUT2D eigenvalue weighted by molar-refractivity contribution is 0.486. The minimum Gasteiger partial charge on any atom is -0.379 e. The van der Waals surface area contributed by atoms with Crippen LogP contribution in [0, 0.1) is 6.92 Å². The van der Waals surface area contributed by atoms with Crippen LogP contribution in [0.3, 0.4) is 0 Å². The summed E-state index contributed by atoms with van der Waals surface area (Å²) in [6.07, 6.45) is 0. The molecule has 0 amide bonds. The van der Waals surface area contributed by atoms with Gasteiger partial charge in [0.05, 0.1) is 0 Å². The number of aryl methyl sites for hydroxylation is 1. The molecular weight excluding hydrogens is 264 g/mol. The Bertz CT molecular complexity index is 631. The molecule has 0 saturated heterocycles. The molecule has 0 atom stereocenters. The van der Waals surface area contributed by atoms with Crippen LogP contribution >= 0.6 is 0 Å². The summed E-state index contributed by atoms with van der Waals surface area (Å²) in [4.78, 5) is 0.169. The zero-order chi connectivity index (χ0) is 13.2. The van der Waals surface area contributed by atoms with E-state index in [-0.39, 0.29) is 4.90 Å². The number of rotatable bonds is 3. The Morgan fingerprint density at radius 1 is 0.944 bits per heavy atom. The van der Waals surface area contributed by atoms with Gasteiger partial charge in [0.25, 0.3) is 0 Å².